The van der Waals surface area contributed by atoms with Crippen molar-refractivity contribution in [2.75, 3.05) is 7.11 Å². The highest BCUT2D eigenvalue weighted by atomic mass is 35.5. The lowest BCUT2D eigenvalue weighted by molar-refractivity contribution is -0.142. The number of amides is 1. The molecule has 20 heavy (non-hydrogen) atoms. The summed E-state index contributed by atoms with van der Waals surface area (Å²) in [7, 11) is 1.21. The van der Waals surface area contributed by atoms with Crippen LogP contribution in [-0.2, 0) is 14.3 Å². The largest absolute Gasteiger partial charge is 0.480 e. The number of nitrogens with one attached hydrogen (secondary N) is 1. The number of benzene rings is 1. The van der Waals surface area contributed by atoms with Gasteiger partial charge in [0.2, 0.25) is 0 Å². The second kappa shape index (κ2) is 7.49. The van der Waals surface area contributed by atoms with Gasteiger partial charge in [-0.2, -0.15) is 0 Å². The molecule has 1 aromatic carbocycles. The molecule has 0 saturated heterocycles. The lowest BCUT2D eigenvalue weighted by Gasteiger charge is -2.14. The number of carboxylic acid groups (broad SMARTS) is 1. The van der Waals surface area contributed by atoms with E-state index in [1.807, 2.05) is 0 Å². The van der Waals surface area contributed by atoms with Gasteiger partial charge < -0.3 is 15.2 Å². The van der Waals surface area contributed by atoms with E-state index in [-0.39, 0.29) is 23.4 Å². The smallest absolute Gasteiger partial charge is 0.326 e. The molecular weight excluding hydrogens is 286 g/mol. The standard InChI is InChI=1S/C13H14ClNO5/c1-20-11(16)7-6-10(13(18)19)15-12(17)8-4-2-3-5-9(8)14/h2-5,10H,6-7H2,1H3,(H,15,17)(H,18,19)/t10-/m1/s1. The molecule has 0 spiro atoms. The second-order valence-corrected chi connectivity index (χ2v) is 4.37. The zero-order valence-electron chi connectivity index (χ0n) is 10.8. The highest BCUT2D eigenvalue weighted by Gasteiger charge is 2.22. The van der Waals surface area contributed by atoms with Crippen LogP contribution in [0.25, 0.3) is 0 Å². The van der Waals surface area contributed by atoms with Crippen molar-refractivity contribution in [2.45, 2.75) is 18.9 Å². The Morgan fingerprint density at radius 2 is 2.00 bits per heavy atom. The quantitative estimate of drug-likeness (QED) is 0.776. The zero-order chi connectivity index (χ0) is 15.1. The molecule has 0 fully saturated rings. The first-order valence-corrected chi connectivity index (χ1v) is 6.18. The van der Waals surface area contributed by atoms with Gasteiger partial charge in [0, 0.05) is 6.42 Å². The van der Waals surface area contributed by atoms with Crippen LogP contribution in [0.15, 0.2) is 24.3 Å². The average molecular weight is 300 g/mol. The molecule has 0 aliphatic heterocycles. The first-order chi connectivity index (χ1) is 9.45. The van der Waals surface area contributed by atoms with Crippen molar-refractivity contribution in [2.24, 2.45) is 0 Å². The third kappa shape index (κ3) is 4.55. The summed E-state index contributed by atoms with van der Waals surface area (Å²) < 4.78 is 4.42. The Morgan fingerprint density at radius 3 is 2.55 bits per heavy atom. The van der Waals surface area contributed by atoms with E-state index in [0.717, 1.165) is 0 Å². The Kier molecular flexibility index (Phi) is 5.99. The molecule has 1 rings (SSSR count). The first kappa shape index (κ1) is 16.0. The van der Waals surface area contributed by atoms with Gasteiger partial charge in [-0.05, 0) is 18.6 Å². The average Bonchev–Trinajstić information content (AvgIpc) is 2.42. The second-order valence-electron chi connectivity index (χ2n) is 3.96. The maximum absolute atomic E-state index is 11.9. The predicted molar refractivity (Wildman–Crippen MR) is 71.6 cm³/mol. The number of carboxylic acids is 1. The summed E-state index contributed by atoms with van der Waals surface area (Å²) in [6.07, 6.45) is -0.158. The van der Waals surface area contributed by atoms with Gasteiger partial charge in [-0.15, -0.1) is 0 Å². The lowest BCUT2D eigenvalue weighted by Crippen LogP contribution is -2.41. The van der Waals surface area contributed by atoms with E-state index in [4.69, 9.17) is 16.7 Å². The Morgan fingerprint density at radius 1 is 1.35 bits per heavy atom. The highest BCUT2D eigenvalue weighted by Crippen LogP contribution is 2.15. The number of aliphatic carboxylic acids is 1. The fourth-order valence-corrected chi connectivity index (χ4v) is 1.72. The molecule has 0 aliphatic carbocycles. The molecule has 1 atom stereocenters. The molecule has 108 valence electrons. The summed E-state index contributed by atoms with van der Waals surface area (Å²) >= 11 is 5.85. The number of halogens is 1. The van der Waals surface area contributed by atoms with E-state index >= 15 is 0 Å². The van der Waals surface area contributed by atoms with Crippen molar-refractivity contribution in [3.05, 3.63) is 34.9 Å². The van der Waals surface area contributed by atoms with E-state index in [1.165, 1.54) is 19.2 Å². The minimum atomic E-state index is -1.23. The molecule has 0 radical (unpaired) electrons. The summed E-state index contributed by atoms with van der Waals surface area (Å²) in [4.78, 5) is 34.0. The van der Waals surface area contributed by atoms with Gasteiger partial charge in [-0.1, -0.05) is 23.7 Å². The number of hydrogen-bond acceptors (Lipinski definition) is 4. The normalized spacial score (nSPS) is 11.5. The number of hydrogen-bond donors (Lipinski definition) is 2. The summed E-state index contributed by atoms with van der Waals surface area (Å²) in [5.74, 6) is -2.37. The Hall–Kier alpha value is -2.08. The van der Waals surface area contributed by atoms with Crippen molar-refractivity contribution in [1.82, 2.24) is 5.32 Å². The van der Waals surface area contributed by atoms with Crippen LogP contribution in [0, 0.1) is 0 Å². The van der Waals surface area contributed by atoms with Gasteiger partial charge in [-0.3, -0.25) is 9.59 Å². The van der Waals surface area contributed by atoms with Crippen molar-refractivity contribution in [3.8, 4) is 0 Å². The van der Waals surface area contributed by atoms with Gasteiger partial charge in [0.05, 0.1) is 17.7 Å². The van der Waals surface area contributed by atoms with E-state index in [2.05, 4.69) is 10.1 Å². The fraction of sp³-hybridized carbons (Fsp3) is 0.308. The fourth-order valence-electron chi connectivity index (χ4n) is 1.50. The summed E-state index contributed by atoms with van der Waals surface area (Å²) in [6.45, 7) is 0. The zero-order valence-corrected chi connectivity index (χ0v) is 11.5. The first-order valence-electron chi connectivity index (χ1n) is 5.80. The molecule has 2 N–H and O–H groups in total. The molecule has 7 heteroatoms. The van der Waals surface area contributed by atoms with Crippen LogP contribution >= 0.6 is 11.6 Å². The number of rotatable bonds is 6. The van der Waals surface area contributed by atoms with Gasteiger partial charge >= 0.3 is 11.9 Å². The van der Waals surface area contributed by atoms with Crippen LogP contribution < -0.4 is 5.32 Å². The molecule has 0 saturated carbocycles. The van der Waals surface area contributed by atoms with E-state index in [9.17, 15) is 14.4 Å². The molecule has 0 unspecified atom stereocenters. The Bertz CT molecular complexity index is 517. The minimum absolute atomic E-state index is 0.0573. The minimum Gasteiger partial charge on any atom is -0.480 e. The topological polar surface area (TPSA) is 92.7 Å². The Labute approximate surface area is 120 Å². The number of methoxy groups -OCH3 is 1. The molecular formula is C13H14ClNO5. The van der Waals surface area contributed by atoms with Crippen LogP contribution in [0.1, 0.15) is 23.2 Å². The number of ether oxygens (including phenoxy) is 1. The van der Waals surface area contributed by atoms with Crippen molar-refractivity contribution >= 4 is 29.4 Å². The monoisotopic (exact) mass is 299 g/mol. The molecule has 1 amide bonds. The lowest BCUT2D eigenvalue weighted by atomic mass is 10.1. The van der Waals surface area contributed by atoms with E-state index in [1.54, 1.807) is 12.1 Å². The summed E-state index contributed by atoms with van der Waals surface area (Å²) in [6, 6.07) is 5.10. The third-order valence-corrected chi connectivity index (χ3v) is 2.92. The predicted octanol–water partition coefficient (Wildman–Crippen LogP) is 1.48. The van der Waals surface area contributed by atoms with Crippen molar-refractivity contribution in [3.63, 3.8) is 0 Å². The van der Waals surface area contributed by atoms with E-state index < -0.39 is 23.9 Å². The number of carbonyl (C=O) groups excluding carboxylic acids is 2. The van der Waals surface area contributed by atoms with Gasteiger partial charge in [0.1, 0.15) is 6.04 Å². The molecule has 0 aromatic heterocycles. The molecule has 0 heterocycles. The maximum Gasteiger partial charge on any atom is 0.326 e. The van der Waals surface area contributed by atoms with Crippen LogP contribution in [0.5, 0.6) is 0 Å². The molecule has 1 aromatic rings. The van der Waals surface area contributed by atoms with Crippen LogP contribution in [0.2, 0.25) is 5.02 Å². The van der Waals surface area contributed by atoms with Crippen LogP contribution in [0.4, 0.5) is 0 Å². The van der Waals surface area contributed by atoms with Crippen LogP contribution in [-0.4, -0.2) is 36.1 Å². The Balaban J connectivity index is 2.71. The van der Waals surface area contributed by atoms with Gasteiger partial charge in [0.25, 0.3) is 5.91 Å². The van der Waals surface area contributed by atoms with Crippen molar-refractivity contribution in [1.29, 1.82) is 0 Å². The molecule has 6 nitrogen and oxygen atoms in total. The number of esters is 1. The van der Waals surface area contributed by atoms with E-state index in [0.29, 0.717) is 0 Å². The van der Waals surface area contributed by atoms with Gasteiger partial charge in [-0.25, -0.2) is 4.79 Å². The van der Waals surface area contributed by atoms with Crippen molar-refractivity contribution < 1.29 is 24.2 Å². The maximum atomic E-state index is 11.9. The SMILES string of the molecule is COC(=O)CC[C@@H](NC(=O)c1ccccc1Cl)C(=O)O. The molecule has 0 aliphatic rings. The number of carbonyl (C=O) groups is 3. The summed E-state index contributed by atoms with van der Waals surface area (Å²) in [5, 5.41) is 11.6. The van der Waals surface area contributed by atoms with Gasteiger partial charge in [0.15, 0.2) is 0 Å². The summed E-state index contributed by atoms with van der Waals surface area (Å²) in [5.41, 5.74) is 0.179. The highest BCUT2D eigenvalue weighted by molar-refractivity contribution is 6.33. The van der Waals surface area contributed by atoms with Crippen LogP contribution in [0.3, 0.4) is 0 Å². The third-order valence-electron chi connectivity index (χ3n) is 2.59. The molecule has 0 bridgehead atoms.